The van der Waals surface area contributed by atoms with Crippen LogP contribution in [0.2, 0.25) is 0 Å². The monoisotopic (exact) mass is 251 g/mol. The molecule has 0 aromatic carbocycles. The molecule has 1 aromatic heterocycles. The summed E-state index contributed by atoms with van der Waals surface area (Å²) >= 11 is 1.68. The van der Waals surface area contributed by atoms with Crippen molar-refractivity contribution in [2.45, 2.75) is 51.5 Å². The van der Waals surface area contributed by atoms with Gasteiger partial charge in [-0.2, -0.15) is 0 Å². The van der Waals surface area contributed by atoms with Crippen LogP contribution in [0.1, 0.15) is 43.9 Å². The van der Waals surface area contributed by atoms with Crippen molar-refractivity contribution < 1.29 is 4.79 Å². The zero-order valence-corrected chi connectivity index (χ0v) is 11.3. The van der Waals surface area contributed by atoms with Crippen molar-refractivity contribution in [2.75, 3.05) is 6.54 Å². The first-order valence-electron chi connectivity index (χ1n) is 6.63. The summed E-state index contributed by atoms with van der Waals surface area (Å²) in [4.78, 5) is 15.6. The van der Waals surface area contributed by atoms with E-state index in [0.29, 0.717) is 18.4 Å². The van der Waals surface area contributed by atoms with E-state index in [0.717, 1.165) is 6.54 Å². The molecule has 0 N–H and O–H groups in total. The molecule has 94 valence electrons. The molecule has 1 aliphatic carbocycles. The van der Waals surface area contributed by atoms with E-state index < -0.39 is 0 Å². The van der Waals surface area contributed by atoms with Crippen molar-refractivity contribution in [2.24, 2.45) is 0 Å². The summed E-state index contributed by atoms with van der Waals surface area (Å²) in [7, 11) is 0. The maximum atomic E-state index is 12.3. The van der Waals surface area contributed by atoms with Crippen molar-refractivity contribution in [3.8, 4) is 0 Å². The van der Waals surface area contributed by atoms with Crippen LogP contribution in [0, 0.1) is 0 Å². The highest BCUT2D eigenvalue weighted by molar-refractivity contribution is 7.10. The number of carbonyl (C=O) groups excluding carboxylic acids is 1. The zero-order chi connectivity index (χ0) is 12.1. The van der Waals surface area contributed by atoms with Crippen LogP contribution in [-0.2, 0) is 11.2 Å². The summed E-state index contributed by atoms with van der Waals surface area (Å²) in [6.07, 6.45) is 6.89. The molecule has 1 amide bonds. The lowest BCUT2D eigenvalue weighted by atomic mass is 9.94. The molecule has 0 unspecified atom stereocenters. The Morgan fingerprint density at radius 3 is 2.76 bits per heavy atom. The highest BCUT2D eigenvalue weighted by Crippen LogP contribution is 2.23. The lowest BCUT2D eigenvalue weighted by Gasteiger charge is -2.33. The standard InChI is InChI=1S/C14H21NOS/c1-2-15(12-7-4-3-5-8-12)14(16)11-13-9-6-10-17-13/h6,9-10,12H,2-5,7-8,11H2,1H3. The molecule has 1 aliphatic rings. The molecular weight excluding hydrogens is 230 g/mol. The fraction of sp³-hybridized carbons (Fsp3) is 0.643. The molecule has 0 aliphatic heterocycles. The van der Waals surface area contributed by atoms with Gasteiger partial charge in [-0.3, -0.25) is 4.79 Å². The molecule has 1 saturated carbocycles. The number of nitrogens with zero attached hydrogens (tertiary/aromatic N) is 1. The number of carbonyl (C=O) groups is 1. The van der Waals surface area contributed by atoms with Crippen molar-refractivity contribution in [3.05, 3.63) is 22.4 Å². The van der Waals surface area contributed by atoms with E-state index in [4.69, 9.17) is 0 Å². The van der Waals surface area contributed by atoms with Crippen LogP contribution in [0.15, 0.2) is 17.5 Å². The van der Waals surface area contributed by atoms with E-state index in [-0.39, 0.29) is 0 Å². The summed E-state index contributed by atoms with van der Waals surface area (Å²) < 4.78 is 0. The number of thiophene rings is 1. The van der Waals surface area contributed by atoms with Crippen LogP contribution in [0.3, 0.4) is 0 Å². The van der Waals surface area contributed by atoms with Gasteiger partial charge in [0.1, 0.15) is 0 Å². The Kier molecular flexibility index (Phi) is 4.60. The maximum absolute atomic E-state index is 12.3. The van der Waals surface area contributed by atoms with E-state index in [9.17, 15) is 4.79 Å². The number of rotatable bonds is 4. The molecule has 0 bridgehead atoms. The third kappa shape index (κ3) is 3.32. The van der Waals surface area contributed by atoms with Crippen molar-refractivity contribution in [1.29, 1.82) is 0 Å². The van der Waals surface area contributed by atoms with Crippen molar-refractivity contribution in [1.82, 2.24) is 4.90 Å². The second-order valence-corrected chi connectivity index (χ2v) is 5.76. The Labute approximate surface area is 108 Å². The topological polar surface area (TPSA) is 20.3 Å². The molecule has 1 fully saturated rings. The number of hydrogen-bond acceptors (Lipinski definition) is 2. The Morgan fingerprint density at radius 1 is 1.41 bits per heavy atom. The minimum absolute atomic E-state index is 0.307. The normalized spacial score (nSPS) is 17.0. The Hall–Kier alpha value is -0.830. The predicted octanol–water partition coefficient (Wildman–Crippen LogP) is 3.47. The van der Waals surface area contributed by atoms with Gasteiger partial charge in [-0.15, -0.1) is 11.3 Å². The van der Waals surface area contributed by atoms with E-state index in [1.165, 1.54) is 37.0 Å². The van der Waals surface area contributed by atoms with Gasteiger partial charge in [0, 0.05) is 17.5 Å². The maximum Gasteiger partial charge on any atom is 0.228 e. The zero-order valence-electron chi connectivity index (χ0n) is 10.5. The number of likely N-dealkylation sites (N-methyl/N-ethyl adjacent to an activating group) is 1. The van der Waals surface area contributed by atoms with Gasteiger partial charge in [-0.05, 0) is 31.2 Å². The lowest BCUT2D eigenvalue weighted by molar-refractivity contribution is -0.133. The van der Waals surface area contributed by atoms with Crippen LogP contribution in [0.5, 0.6) is 0 Å². The molecule has 0 radical (unpaired) electrons. The second kappa shape index (κ2) is 6.20. The Balaban J connectivity index is 1.94. The first-order valence-corrected chi connectivity index (χ1v) is 7.51. The number of amides is 1. The van der Waals surface area contributed by atoms with Gasteiger partial charge in [0.05, 0.1) is 6.42 Å². The molecule has 2 rings (SSSR count). The second-order valence-electron chi connectivity index (χ2n) is 4.73. The van der Waals surface area contributed by atoms with E-state index in [1.54, 1.807) is 11.3 Å². The highest BCUT2D eigenvalue weighted by atomic mass is 32.1. The average molecular weight is 251 g/mol. The highest BCUT2D eigenvalue weighted by Gasteiger charge is 2.23. The van der Waals surface area contributed by atoms with E-state index in [2.05, 4.69) is 17.9 Å². The van der Waals surface area contributed by atoms with Crippen LogP contribution in [0.4, 0.5) is 0 Å². The summed E-state index contributed by atoms with van der Waals surface area (Å²) in [6, 6.07) is 4.57. The fourth-order valence-electron chi connectivity index (χ4n) is 2.69. The fourth-order valence-corrected chi connectivity index (χ4v) is 3.39. The van der Waals surface area contributed by atoms with Crippen molar-refractivity contribution >= 4 is 17.2 Å². The summed E-state index contributed by atoms with van der Waals surface area (Å²) in [6.45, 7) is 2.95. The predicted molar refractivity (Wildman–Crippen MR) is 72.3 cm³/mol. The molecule has 1 heterocycles. The van der Waals surface area contributed by atoms with Gasteiger partial charge in [0.25, 0.3) is 0 Å². The summed E-state index contributed by atoms with van der Waals surface area (Å²) in [5.74, 6) is 0.307. The van der Waals surface area contributed by atoms with Crippen LogP contribution >= 0.6 is 11.3 Å². The lowest BCUT2D eigenvalue weighted by Crippen LogP contribution is -2.42. The largest absolute Gasteiger partial charge is 0.340 e. The molecule has 0 saturated heterocycles. The summed E-state index contributed by atoms with van der Waals surface area (Å²) in [5.41, 5.74) is 0. The molecule has 2 nitrogen and oxygen atoms in total. The van der Waals surface area contributed by atoms with Crippen LogP contribution in [0.25, 0.3) is 0 Å². The third-order valence-electron chi connectivity index (χ3n) is 3.58. The van der Waals surface area contributed by atoms with Gasteiger partial charge in [-0.25, -0.2) is 0 Å². The first kappa shape index (κ1) is 12.6. The SMILES string of the molecule is CCN(C(=O)Cc1cccs1)C1CCCCC1. The smallest absolute Gasteiger partial charge is 0.228 e. The quantitative estimate of drug-likeness (QED) is 0.802. The van der Waals surface area contributed by atoms with Crippen LogP contribution < -0.4 is 0 Å². The Morgan fingerprint density at radius 2 is 2.18 bits per heavy atom. The molecular formula is C14H21NOS. The average Bonchev–Trinajstić information content (AvgIpc) is 2.84. The molecule has 17 heavy (non-hydrogen) atoms. The first-order chi connectivity index (χ1) is 8.31. The summed E-state index contributed by atoms with van der Waals surface area (Å²) in [5, 5.41) is 2.04. The van der Waals surface area contributed by atoms with Gasteiger partial charge in [0.15, 0.2) is 0 Å². The third-order valence-corrected chi connectivity index (χ3v) is 4.46. The van der Waals surface area contributed by atoms with Gasteiger partial charge in [-0.1, -0.05) is 25.3 Å². The van der Waals surface area contributed by atoms with Gasteiger partial charge < -0.3 is 4.90 Å². The molecule has 0 spiro atoms. The molecule has 1 aromatic rings. The van der Waals surface area contributed by atoms with Gasteiger partial charge >= 0.3 is 0 Å². The van der Waals surface area contributed by atoms with Gasteiger partial charge in [0.2, 0.25) is 5.91 Å². The van der Waals surface area contributed by atoms with Crippen LogP contribution in [-0.4, -0.2) is 23.4 Å². The molecule has 0 atom stereocenters. The minimum atomic E-state index is 0.307. The van der Waals surface area contributed by atoms with E-state index in [1.807, 2.05) is 11.4 Å². The minimum Gasteiger partial charge on any atom is -0.340 e. The number of hydrogen-bond donors (Lipinski definition) is 0. The van der Waals surface area contributed by atoms with Crippen molar-refractivity contribution in [3.63, 3.8) is 0 Å². The molecule has 3 heteroatoms. The van der Waals surface area contributed by atoms with E-state index >= 15 is 0 Å². The Bertz CT molecular complexity index is 341.